The first-order chi connectivity index (χ1) is 11.2. The van der Waals surface area contributed by atoms with Gasteiger partial charge in [-0.15, -0.1) is 0 Å². The Morgan fingerprint density at radius 2 is 1.74 bits per heavy atom. The van der Waals surface area contributed by atoms with Gasteiger partial charge in [-0.1, -0.05) is 30.3 Å². The number of aromatic nitrogens is 2. The van der Waals surface area contributed by atoms with Crippen LogP contribution in [0.25, 0.3) is 22.3 Å². The highest BCUT2D eigenvalue weighted by Crippen LogP contribution is 2.32. The molecule has 2 aromatic carbocycles. The van der Waals surface area contributed by atoms with Gasteiger partial charge >= 0.3 is 0 Å². The van der Waals surface area contributed by atoms with E-state index in [1.165, 1.54) is 18.5 Å². The maximum absolute atomic E-state index is 14.5. The topological polar surface area (TPSA) is 61.0 Å². The van der Waals surface area contributed by atoms with Crippen LogP contribution < -0.4 is 10.5 Å². The first-order valence-electron chi connectivity index (χ1n) is 7.28. The molecule has 0 atom stereocenters. The normalized spacial score (nSPS) is 10.5. The minimum atomic E-state index is -0.345. The summed E-state index contributed by atoms with van der Waals surface area (Å²) in [5.41, 5.74) is 8.09. The SMILES string of the molecule is CCOc1ccccc1-c1ccc(-c2cnc(N)nc2)c(F)c1. The van der Waals surface area contributed by atoms with Crippen LogP contribution in [0.4, 0.5) is 10.3 Å². The summed E-state index contributed by atoms with van der Waals surface area (Å²) in [5.74, 6) is 0.552. The van der Waals surface area contributed by atoms with Crippen molar-refractivity contribution in [2.24, 2.45) is 0 Å². The Bertz CT molecular complexity index is 819. The fourth-order valence-electron chi connectivity index (χ4n) is 2.38. The predicted molar refractivity (Wildman–Crippen MR) is 88.4 cm³/mol. The van der Waals surface area contributed by atoms with Crippen LogP contribution in [0.3, 0.4) is 0 Å². The molecule has 3 aromatic rings. The summed E-state index contributed by atoms with van der Waals surface area (Å²) in [5, 5.41) is 0. The maximum Gasteiger partial charge on any atom is 0.219 e. The fraction of sp³-hybridized carbons (Fsp3) is 0.111. The summed E-state index contributed by atoms with van der Waals surface area (Å²) in [4.78, 5) is 7.79. The Hall–Kier alpha value is -2.95. The average molecular weight is 309 g/mol. The second kappa shape index (κ2) is 6.44. The van der Waals surface area contributed by atoms with E-state index >= 15 is 0 Å². The van der Waals surface area contributed by atoms with Crippen molar-refractivity contribution in [3.8, 4) is 28.0 Å². The van der Waals surface area contributed by atoms with Gasteiger partial charge in [0.1, 0.15) is 11.6 Å². The molecule has 0 unspecified atom stereocenters. The molecule has 0 aliphatic heterocycles. The Labute approximate surface area is 133 Å². The van der Waals surface area contributed by atoms with Gasteiger partial charge in [-0.2, -0.15) is 0 Å². The smallest absolute Gasteiger partial charge is 0.219 e. The first kappa shape index (κ1) is 15.0. The van der Waals surface area contributed by atoms with E-state index in [0.29, 0.717) is 17.7 Å². The first-order valence-corrected chi connectivity index (χ1v) is 7.28. The number of halogens is 1. The molecule has 0 spiro atoms. The van der Waals surface area contributed by atoms with Gasteiger partial charge < -0.3 is 10.5 Å². The number of ether oxygens (including phenoxy) is 1. The third kappa shape index (κ3) is 3.13. The van der Waals surface area contributed by atoms with Gasteiger partial charge in [-0.3, -0.25) is 0 Å². The third-order valence-electron chi connectivity index (χ3n) is 3.45. The number of nitrogen functional groups attached to an aromatic ring is 1. The molecule has 4 nitrogen and oxygen atoms in total. The van der Waals surface area contributed by atoms with Crippen molar-refractivity contribution in [3.63, 3.8) is 0 Å². The number of hydrogen-bond acceptors (Lipinski definition) is 4. The van der Waals surface area contributed by atoms with E-state index in [0.717, 1.165) is 16.9 Å². The van der Waals surface area contributed by atoms with Crippen molar-refractivity contribution < 1.29 is 9.13 Å². The lowest BCUT2D eigenvalue weighted by atomic mass is 10.0. The van der Waals surface area contributed by atoms with Crippen molar-refractivity contribution in [3.05, 3.63) is 60.7 Å². The van der Waals surface area contributed by atoms with E-state index < -0.39 is 0 Å². The van der Waals surface area contributed by atoms with E-state index in [2.05, 4.69) is 9.97 Å². The molecular formula is C18H16FN3O. The molecule has 0 saturated carbocycles. The van der Waals surface area contributed by atoms with Crippen LogP contribution in [-0.2, 0) is 0 Å². The Morgan fingerprint density at radius 1 is 1.00 bits per heavy atom. The van der Waals surface area contributed by atoms with Crippen LogP contribution in [0.1, 0.15) is 6.92 Å². The van der Waals surface area contributed by atoms with Gasteiger partial charge in [0.25, 0.3) is 0 Å². The van der Waals surface area contributed by atoms with Gasteiger partial charge in [-0.05, 0) is 24.6 Å². The van der Waals surface area contributed by atoms with Crippen molar-refractivity contribution in [2.45, 2.75) is 6.92 Å². The molecule has 0 aliphatic rings. The summed E-state index contributed by atoms with van der Waals surface area (Å²) in [6.45, 7) is 2.47. The fourth-order valence-corrected chi connectivity index (χ4v) is 2.38. The Balaban J connectivity index is 2.01. The molecule has 0 radical (unpaired) electrons. The molecule has 23 heavy (non-hydrogen) atoms. The maximum atomic E-state index is 14.5. The summed E-state index contributed by atoms with van der Waals surface area (Å²) in [6.07, 6.45) is 3.02. The van der Waals surface area contributed by atoms with E-state index in [-0.39, 0.29) is 11.8 Å². The highest BCUT2D eigenvalue weighted by molar-refractivity contribution is 5.74. The van der Waals surface area contributed by atoms with Gasteiger partial charge in [0.2, 0.25) is 5.95 Å². The van der Waals surface area contributed by atoms with Crippen LogP contribution in [0.15, 0.2) is 54.9 Å². The van der Waals surface area contributed by atoms with Gasteiger partial charge in [0.15, 0.2) is 0 Å². The molecule has 0 amide bonds. The minimum Gasteiger partial charge on any atom is -0.493 e. The largest absolute Gasteiger partial charge is 0.493 e. The predicted octanol–water partition coefficient (Wildman–Crippen LogP) is 3.93. The Kier molecular flexibility index (Phi) is 4.19. The van der Waals surface area contributed by atoms with E-state index in [1.807, 2.05) is 37.3 Å². The number of anilines is 1. The standard InChI is InChI=1S/C18H16FN3O/c1-2-23-17-6-4-3-5-15(17)12-7-8-14(16(19)9-12)13-10-21-18(20)22-11-13/h3-11H,2H2,1H3,(H2,20,21,22). The number of nitrogens with zero attached hydrogens (tertiary/aromatic N) is 2. The molecule has 0 bridgehead atoms. The highest BCUT2D eigenvalue weighted by atomic mass is 19.1. The van der Waals surface area contributed by atoms with Gasteiger partial charge in [-0.25, -0.2) is 14.4 Å². The van der Waals surface area contributed by atoms with Crippen molar-refractivity contribution >= 4 is 5.95 Å². The third-order valence-corrected chi connectivity index (χ3v) is 3.45. The number of benzene rings is 2. The number of rotatable bonds is 4. The summed E-state index contributed by atoms with van der Waals surface area (Å²) in [7, 11) is 0. The molecule has 116 valence electrons. The molecule has 0 fully saturated rings. The zero-order valence-corrected chi connectivity index (χ0v) is 12.7. The van der Waals surface area contributed by atoms with Crippen LogP contribution in [0.2, 0.25) is 0 Å². The second-order valence-corrected chi connectivity index (χ2v) is 4.95. The number of para-hydroxylation sites is 1. The number of nitrogens with two attached hydrogens (primary N) is 1. The van der Waals surface area contributed by atoms with Crippen LogP contribution in [0.5, 0.6) is 5.75 Å². The monoisotopic (exact) mass is 309 g/mol. The summed E-state index contributed by atoms with van der Waals surface area (Å²) in [6, 6.07) is 12.6. The molecular weight excluding hydrogens is 293 g/mol. The molecule has 0 saturated heterocycles. The summed E-state index contributed by atoms with van der Waals surface area (Å²) >= 11 is 0. The zero-order chi connectivity index (χ0) is 16.2. The lowest BCUT2D eigenvalue weighted by Crippen LogP contribution is -1.96. The minimum absolute atomic E-state index is 0.163. The van der Waals surface area contributed by atoms with Crippen molar-refractivity contribution in [1.29, 1.82) is 0 Å². The lowest BCUT2D eigenvalue weighted by Gasteiger charge is -2.11. The lowest BCUT2D eigenvalue weighted by molar-refractivity contribution is 0.341. The van der Waals surface area contributed by atoms with Crippen LogP contribution in [-0.4, -0.2) is 16.6 Å². The number of hydrogen-bond donors (Lipinski definition) is 1. The van der Waals surface area contributed by atoms with E-state index in [9.17, 15) is 4.39 Å². The highest BCUT2D eigenvalue weighted by Gasteiger charge is 2.11. The van der Waals surface area contributed by atoms with Gasteiger partial charge in [0.05, 0.1) is 6.61 Å². The molecule has 2 N–H and O–H groups in total. The second-order valence-electron chi connectivity index (χ2n) is 4.95. The molecule has 5 heteroatoms. The molecule has 1 heterocycles. The molecule has 3 rings (SSSR count). The molecule has 0 aliphatic carbocycles. The van der Waals surface area contributed by atoms with Crippen molar-refractivity contribution in [2.75, 3.05) is 12.3 Å². The zero-order valence-electron chi connectivity index (χ0n) is 12.7. The molecule has 1 aromatic heterocycles. The van der Waals surface area contributed by atoms with Crippen LogP contribution >= 0.6 is 0 Å². The van der Waals surface area contributed by atoms with E-state index in [4.69, 9.17) is 10.5 Å². The summed E-state index contributed by atoms with van der Waals surface area (Å²) < 4.78 is 20.1. The van der Waals surface area contributed by atoms with Gasteiger partial charge in [0, 0.05) is 29.1 Å². The average Bonchev–Trinajstić information content (AvgIpc) is 2.57. The van der Waals surface area contributed by atoms with E-state index in [1.54, 1.807) is 6.07 Å². The quantitative estimate of drug-likeness (QED) is 0.793. The van der Waals surface area contributed by atoms with Crippen molar-refractivity contribution in [1.82, 2.24) is 9.97 Å². The van der Waals surface area contributed by atoms with Crippen LogP contribution in [0, 0.1) is 5.82 Å². The Morgan fingerprint density at radius 3 is 2.43 bits per heavy atom.